The van der Waals surface area contributed by atoms with E-state index in [1.54, 1.807) is 37.5 Å². The van der Waals surface area contributed by atoms with Gasteiger partial charge in [0.05, 0.1) is 12.8 Å². The van der Waals surface area contributed by atoms with Crippen LogP contribution in [0.1, 0.15) is 39.9 Å². The fourth-order valence-corrected chi connectivity index (χ4v) is 4.06. The van der Waals surface area contributed by atoms with Crippen LogP contribution in [-0.4, -0.2) is 29.1 Å². The van der Waals surface area contributed by atoms with Crippen LogP contribution in [0.15, 0.2) is 80.9 Å². The Hall–Kier alpha value is -4.33. The highest BCUT2D eigenvalue weighted by Gasteiger charge is 2.35. The highest BCUT2D eigenvalue weighted by molar-refractivity contribution is 6.04. The lowest BCUT2D eigenvalue weighted by Gasteiger charge is -2.20. The minimum atomic E-state index is -0.514. The minimum absolute atomic E-state index is 0.0167. The van der Waals surface area contributed by atoms with Crippen LogP contribution in [0.5, 0.6) is 0 Å². The third-order valence-corrected chi connectivity index (χ3v) is 5.78. The van der Waals surface area contributed by atoms with E-state index in [0.717, 1.165) is 11.0 Å². The van der Waals surface area contributed by atoms with Crippen LogP contribution >= 0.6 is 0 Å². The molecule has 1 unspecified atom stereocenters. The monoisotopic (exact) mass is 442 g/mol. The first-order valence-electron chi connectivity index (χ1n) is 10.6. The van der Waals surface area contributed by atoms with Crippen molar-refractivity contribution < 1.29 is 18.4 Å². The first-order valence-corrected chi connectivity index (χ1v) is 10.6. The van der Waals surface area contributed by atoms with Crippen molar-refractivity contribution in [2.75, 3.05) is 11.9 Å². The zero-order chi connectivity index (χ0) is 22.9. The van der Waals surface area contributed by atoms with Gasteiger partial charge in [0.1, 0.15) is 23.1 Å². The van der Waals surface area contributed by atoms with Crippen molar-refractivity contribution in [1.82, 2.24) is 5.01 Å². The van der Waals surface area contributed by atoms with Crippen LogP contribution in [0.25, 0.3) is 11.0 Å². The van der Waals surface area contributed by atoms with E-state index in [1.165, 1.54) is 5.01 Å². The van der Waals surface area contributed by atoms with Gasteiger partial charge in [-0.05, 0) is 48.9 Å². The molecule has 33 heavy (non-hydrogen) atoms. The number of primary amides is 1. The normalized spacial score (nSPS) is 15.6. The summed E-state index contributed by atoms with van der Waals surface area (Å²) in [6.07, 6.45) is 2.05. The van der Waals surface area contributed by atoms with Crippen molar-refractivity contribution in [3.8, 4) is 0 Å². The fraction of sp³-hybridized carbons (Fsp3) is 0.160. The molecule has 0 saturated carbocycles. The summed E-state index contributed by atoms with van der Waals surface area (Å²) in [5.41, 5.74) is 8.63. The Labute approximate surface area is 189 Å². The molecule has 1 aliphatic rings. The average Bonchev–Trinajstić information content (AvgIpc) is 3.56. The SMILES string of the molecule is Cc1c(NCC(=O)N2N=C(c3cc4ccccc4o3)CC2c2ccco2)cccc1C(N)=O. The maximum atomic E-state index is 13.2. The molecule has 2 aromatic heterocycles. The molecule has 8 heteroatoms. The van der Waals surface area contributed by atoms with Crippen molar-refractivity contribution in [3.63, 3.8) is 0 Å². The highest BCUT2D eigenvalue weighted by atomic mass is 16.3. The summed E-state index contributed by atoms with van der Waals surface area (Å²) in [7, 11) is 0. The number of fused-ring (bicyclic) bond motifs is 1. The summed E-state index contributed by atoms with van der Waals surface area (Å²) >= 11 is 0. The van der Waals surface area contributed by atoms with E-state index in [-0.39, 0.29) is 18.5 Å². The van der Waals surface area contributed by atoms with Crippen LogP contribution in [0.2, 0.25) is 0 Å². The average molecular weight is 442 g/mol. The Bertz CT molecular complexity index is 1340. The quantitative estimate of drug-likeness (QED) is 0.464. The molecule has 5 rings (SSSR count). The summed E-state index contributed by atoms with van der Waals surface area (Å²) in [6.45, 7) is 1.77. The van der Waals surface area contributed by atoms with Gasteiger partial charge in [-0.2, -0.15) is 5.10 Å². The largest absolute Gasteiger partial charge is 0.467 e. The number of furan rings is 2. The summed E-state index contributed by atoms with van der Waals surface area (Å²) in [4.78, 5) is 24.8. The molecule has 3 heterocycles. The van der Waals surface area contributed by atoms with Crippen LogP contribution in [0.3, 0.4) is 0 Å². The lowest BCUT2D eigenvalue weighted by Crippen LogP contribution is -2.32. The molecule has 4 aromatic rings. The van der Waals surface area contributed by atoms with E-state index in [1.807, 2.05) is 36.4 Å². The van der Waals surface area contributed by atoms with Gasteiger partial charge in [0.25, 0.3) is 5.91 Å². The van der Waals surface area contributed by atoms with Gasteiger partial charge < -0.3 is 19.9 Å². The minimum Gasteiger partial charge on any atom is -0.467 e. The zero-order valence-corrected chi connectivity index (χ0v) is 17.9. The van der Waals surface area contributed by atoms with Crippen LogP contribution in [0.4, 0.5) is 5.69 Å². The number of nitrogens with two attached hydrogens (primary N) is 1. The first kappa shape index (κ1) is 20.6. The molecule has 0 bridgehead atoms. The van der Waals surface area contributed by atoms with Gasteiger partial charge in [-0.1, -0.05) is 24.3 Å². The zero-order valence-electron chi connectivity index (χ0n) is 17.9. The summed E-state index contributed by atoms with van der Waals surface area (Å²) in [5.74, 6) is 0.512. The first-order chi connectivity index (χ1) is 16.0. The number of carbonyl (C=O) groups is 2. The number of hydrogen-bond acceptors (Lipinski definition) is 6. The molecule has 0 saturated heterocycles. The number of hydrazone groups is 1. The second kappa shape index (κ2) is 8.31. The number of benzene rings is 2. The predicted molar refractivity (Wildman–Crippen MR) is 124 cm³/mol. The highest BCUT2D eigenvalue weighted by Crippen LogP contribution is 2.34. The van der Waals surface area contributed by atoms with Gasteiger partial charge in [-0.25, -0.2) is 5.01 Å². The Morgan fingerprint density at radius 1 is 1.15 bits per heavy atom. The van der Waals surface area contributed by atoms with Crippen molar-refractivity contribution in [3.05, 3.63) is 89.6 Å². The molecule has 2 amide bonds. The van der Waals surface area contributed by atoms with Gasteiger partial charge in [0, 0.05) is 23.1 Å². The molecule has 0 aliphatic carbocycles. The summed E-state index contributed by atoms with van der Waals surface area (Å²) in [6, 6.07) is 18.1. The van der Waals surface area contributed by atoms with E-state index in [0.29, 0.717) is 40.5 Å². The molecule has 0 fully saturated rings. The Kier molecular flexibility index (Phi) is 5.18. The van der Waals surface area contributed by atoms with Crippen molar-refractivity contribution >= 4 is 34.2 Å². The molecular formula is C25H22N4O4. The van der Waals surface area contributed by atoms with E-state index < -0.39 is 5.91 Å². The topological polar surface area (TPSA) is 114 Å². The van der Waals surface area contributed by atoms with Crippen LogP contribution in [-0.2, 0) is 4.79 Å². The number of anilines is 1. The van der Waals surface area contributed by atoms with Gasteiger partial charge in [-0.15, -0.1) is 0 Å². The number of amides is 2. The van der Waals surface area contributed by atoms with E-state index in [9.17, 15) is 9.59 Å². The lowest BCUT2D eigenvalue weighted by molar-refractivity contribution is -0.131. The maximum absolute atomic E-state index is 13.2. The smallest absolute Gasteiger partial charge is 0.262 e. The number of hydrogen-bond donors (Lipinski definition) is 2. The standard InChI is InChI=1S/C25H22N4O4/c1-15-17(25(26)31)7-4-8-18(15)27-14-24(30)29-20(22-10-5-11-32-22)13-19(28-29)23-12-16-6-2-3-9-21(16)33-23/h2-12,20,27H,13-14H2,1H3,(H2,26,31). The second-order valence-electron chi connectivity index (χ2n) is 7.86. The van der Waals surface area contributed by atoms with Crippen LogP contribution < -0.4 is 11.1 Å². The summed E-state index contributed by atoms with van der Waals surface area (Å²) in [5, 5.41) is 10.1. The number of rotatable bonds is 6. The van der Waals surface area contributed by atoms with Gasteiger partial charge in [-0.3, -0.25) is 9.59 Å². The Morgan fingerprint density at radius 3 is 2.76 bits per heavy atom. The predicted octanol–water partition coefficient (Wildman–Crippen LogP) is 4.22. The third kappa shape index (κ3) is 3.87. The van der Waals surface area contributed by atoms with Crippen LogP contribution in [0, 0.1) is 6.92 Å². The molecule has 0 spiro atoms. The molecular weight excluding hydrogens is 420 g/mol. The second-order valence-corrected chi connectivity index (χ2v) is 7.86. The number of nitrogens with one attached hydrogen (secondary N) is 1. The molecule has 3 N–H and O–H groups in total. The van der Waals surface area contributed by atoms with E-state index in [4.69, 9.17) is 14.6 Å². The van der Waals surface area contributed by atoms with E-state index >= 15 is 0 Å². The Morgan fingerprint density at radius 2 is 2.00 bits per heavy atom. The number of carbonyl (C=O) groups excluding carboxylic acids is 2. The number of nitrogens with zero attached hydrogens (tertiary/aromatic N) is 2. The van der Waals surface area contributed by atoms with Crippen molar-refractivity contribution in [2.45, 2.75) is 19.4 Å². The molecule has 1 atom stereocenters. The van der Waals surface area contributed by atoms with Crippen molar-refractivity contribution in [1.29, 1.82) is 0 Å². The third-order valence-electron chi connectivity index (χ3n) is 5.78. The molecule has 8 nitrogen and oxygen atoms in total. The van der Waals surface area contributed by atoms with E-state index in [2.05, 4.69) is 10.4 Å². The summed E-state index contributed by atoms with van der Waals surface area (Å²) < 4.78 is 11.6. The van der Waals surface area contributed by atoms with Gasteiger partial charge in [0.2, 0.25) is 5.91 Å². The molecule has 2 aromatic carbocycles. The number of para-hydroxylation sites is 1. The lowest BCUT2D eigenvalue weighted by atomic mass is 10.1. The molecule has 1 aliphatic heterocycles. The molecule has 0 radical (unpaired) electrons. The van der Waals surface area contributed by atoms with Crippen molar-refractivity contribution in [2.24, 2.45) is 10.8 Å². The van der Waals surface area contributed by atoms with Gasteiger partial charge in [0.15, 0.2) is 5.76 Å². The van der Waals surface area contributed by atoms with Gasteiger partial charge >= 0.3 is 0 Å². The fourth-order valence-electron chi connectivity index (χ4n) is 4.06. The molecule has 166 valence electrons. The Balaban J connectivity index is 1.40. The maximum Gasteiger partial charge on any atom is 0.262 e.